The van der Waals surface area contributed by atoms with Crippen molar-refractivity contribution in [3.05, 3.63) is 59.8 Å². The fourth-order valence-corrected chi connectivity index (χ4v) is 3.87. The third kappa shape index (κ3) is 4.76. The highest BCUT2D eigenvalue weighted by atomic mass is 32.2. The van der Waals surface area contributed by atoms with Crippen molar-refractivity contribution in [2.24, 2.45) is 0 Å². The van der Waals surface area contributed by atoms with Crippen LogP contribution in [0, 0.1) is 0 Å². The van der Waals surface area contributed by atoms with Crippen molar-refractivity contribution >= 4 is 23.6 Å². The zero-order valence-corrected chi connectivity index (χ0v) is 15.0. The summed E-state index contributed by atoms with van der Waals surface area (Å²) in [5, 5.41) is 9.08. The van der Waals surface area contributed by atoms with Crippen LogP contribution in [-0.4, -0.2) is 51.0 Å². The Balaban J connectivity index is 1.69. The summed E-state index contributed by atoms with van der Waals surface area (Å²) in [5.41, 5.74) is 1.48. The number of carboxylic acids is 1. The third-order valence-corrected chi connectivity index (χ3v) is 5.20. The van der Waals surface area contributed by atoms with Gasteiger partial charge >= 0.3 is 5.97 Å². The number of thioether (sulfide) groups is 1. The molecule has 136 valence electrons. The lowest BCUT2D eigenvalue weighted by Gasteiger charge is -2.34. The van der Waals surface area contributed by atoms with Crippen LogP contribution in [0.1, 0.15) is 22.3 Å². The molecule has 1 aliphatic heterocycles. The van der Waals surface area contributed by atoms with E-state index in [1.165, 1.54) is 0 Å². The van der Waals surface area contributed by atoms with Crippen LogP contribution in [0.25, 0.3) is 0 Å². The second-order valence-electron chi connectivity index (χ2n) is 5.98. The first-order valence-electron chi connectivity index (χ1n) is 8.37. The molecule has 1 aromatic heterocycles. The molecule has 1 saturated heterocycles. The van der Waals surface area contributed by atoms with E-state index in [9.17, 15) is 9.59 Å². The largest absolute Gasteiger partial charge is 0.481 e. The molecule has 1 N–H and O–H groups in total. The zero-order valence-electron chi connectivity index (χ0n) is 14.2. The molecule has 2 aromatic rings. The summed E-state index contributed by atoms with van der Waals surface area (Å²) in [6.07, 6.45) is 1.50. The number of carbonyl (C=O) groups is 2. The topological polar surface area (TPSA) is 79.7 Å². The van der Waals surface area contributed by atoms with E-state index in [1.807, 2.05) is 30.3 Å². The van der Waals surface area contributed by atoms with Gasteiger partial charge in [-0.25, -0.2) is 4.98 Å². The molecule has 0 radical (unpaired) electrons. The van der Waals surface area contributed by atoms with Gasteiger partial charge in [-0.1, -0.05) is 30.3 Å². The number of hydrogen-bond donors (Lipinski definition) is 1. The number of carbonyl (C=O) groups excluding carboxylic acids is 1. The van der Waals surface area contributed by atoms with Crippen molar-refractivity contribution in [3.8, 4) is 5.88 Å². The van der Waals surface area contributed by atoms with Gasteiger partial charge in [-0.3, -0.25) is 9.59 Å². The third-order valence-electron chi connectivity index (χ3n) is 4.11. The lowest BCUT2D eigenvalue weighted by Crippen LogP contribution is -2.47. The van der Waals surface area contributed by atoms with E-state index in [4.69, 9.17) is 9.84 Å². The minimum atomic E-state index is -0.892. The molecule has 3 rings (SSSR count). The Morgan fingerprint density at radius 2 is 2.08 bits per heavy atom. The summed E-state index contributed by atoms with van der Waals surface area (Å²) in [7, 11) is 0. The summed E-state index contributed by atoms with van der Waals surface area (Å²) < 4.78 is 5.68. The molecule has 26 heavy (non-hydrogen) atoms. The van der Waals surface area contributed by atoms with Gasteiger partial charge in [0.2, 0.25) is 5.88 Å². The molecule has 7 heteroatoms. The normalized spacial score (nSPS) is 16.9. The summed E-state index contributed by atoms with van der Waals surface area (Å²) in [6, 6.07) is 12.7. The van der Waals surface area contributed by atoms with Crippen molar-refractivity contribution in [1.82, 2.24) is 9.88 Å². The highest BCUT2D eigenvalue weighted by molar-refractivity contribution is 7.99. The van der Waals surface area contributed by atoms with Gasteiger partial charge in [0.15, 0.2) is 0 Å². The smallest absolute Gasteiger partial charge is 0.305 e. The second kappa shape index (κ2) is 8.71. The first-order chi connectivity index (χ1) is 12.6. The van der Waals surface area contributed by atoms with E-state index in [2.05, 4.69) is 4.98 Å². The van der Waals surface area contributed by atoms with Crippen LogP contribution in [0.3, 0.4) is 0 Å². The van der Waals surface area contributed by atoms with Crippen LogP contribution in [-0.2, 0) is 11.4 Å². The molecule has 1 aromatic carbocycles. The average Bonchev–Trinajstić information content (AvgIpc) is 2.67. The molecule has 6 nitrogen and oxygen atoms in total. The number of aliphatic carboxylic acids is 1. The monoisotopic (exact) mass is 372 g/mol. The fourth-order valence-electron chi connectivity index (χ4n) is 2.81. The number of ether oxygens (including phenoxy) is 1. The zero-order chi connectivity index (χ0) is 18.4. The summed E-state index contributed by atoms with van der Waals surface area (Å²) >= 11 is 1.68. The molecule has 2 heterocycles. The Hall–Kier alpha value is -2.54. The minimum Gasteiger partial charge on any atom is -0.481 e. The average molecular weight is 372 g/mol. The first kappa shape index (κ1) is 18.3. The van der Waals surface area contributed by atoms with E-state index in [-0.39, 0.29) is 18.4 Å². The van der Waals surface area contributed by atoms with E-state index >= 15 is 0 Å². The number of nitrogens with zero attached hydrogens (tertiary/aromatic N) is 2. The quantitative estimate of drug-likeness (QED) is 0.840. The molecule has 0 aliphatic carbocycles. The molecule has 0 saturated carbocycles. The lowest BCUT2D eigenvalue weighted by atomic mass is 10.1. The molecule has 1 unspecified atom stereocenters. The molecule has 0 spiro atoms. The predicted octanol–water partition coefficient (Wildman–Crippen LogP) is 2.69. The summed E-state index contributed by atoms with van der Waals surface area (Å²) in [6.45, 7) is 0.914. The molecule has 1 fully saturated rings. The van der Waals surface area contributed by atoms with E-state index in [1.54, 1.807) is 35.0 Å². The molecule has 0 bridgehead atoms. The number of aromatic nitrogens is 1. The molecule has 1 aliphatic rings. The maximum Gasteiger partial charge on any atom is 0.305 e. The van der Waals surface area contributed by atoms with Crippen molar-refractivity contribution in [2.45, 2.75) is 19.1 Å². The predicted molar refractivity (Wildman–Crippen MR) is 99.4 cm³/mol. The molecular formula is C19H20N2O4S. The van der Waals surface area contributed by atoms with Gasteiger partial charge in [0, 0.05) is 35.9 Å². The fraction of sp³-hybridized carbons (Fsp3) is 0.316. The number of rotatable bonds is 6. The van der Waals surface area contributed by atoms with E-state index in [0.717, 1.165) is 11.3 Å². The summed E-state index contributed by atoms with van der Waals surface area (Å²) in [5.74, 6) is 0.756. The van der Waals surface area contributed by atoms with Gasteiger partial charge in [-0.15, -0.1) is 0 Å². The van der Waals surface area contributed by atoms with Crippen LogP contribution in [0.5, 0.6) is 5.88 Å². The second-order valence-corrected chi connectivity index (χ2v) is 7.13. The van der Waals surface area contributed by atoms with Crippen molar-refractivity contribution in [1.29, 1.82) is 0 Å². The molecule has 1 atom stereocenters. The number of amides is 1. The van der Waals surface area contributed by atoms with E-state index in [0.29, 0.717) is 30.3 Å². The standard InChI is InChI=1S/C19H20N2O4S/c22-18(23)11-16-13-26-9-8-21(16)19(24)15-6-7-20-17(10-15)25-12-14-4-2-1-3-5-14/h1-7,10,16H,8-9,11-13H2,(H,22,23). The Morgan fingerprint density at radius 1 is 1.27 bits per heavy atom. The number of pyridine rings is 1. The van der Waals surface area contributed by atoms with Crippen LogP contribution < -0.4 is 4.74 Å². The lowest BCUT2D eigenvalue weighted by molar-refractivity contribution is -0.138. The number of benzene rings is 1. The van der Waals surface area contributed by atoms with Gasteiger partial charge < -0.3 is 14.7 Å². The number of carboxylic acid groups (broad SMARTS) is 1. The van der Waals surface area contributed by atoms with Gasteiger partial charge in [0.25, 0.3) is 5.91 Å². The SMILES string of the molecule is O=C(O)CC1CSCCN1C(=O)c1ccnc(OCc2ccccc2)c1. The highest BCUT2D eigenvalue weighted by Crippen LogP contribution is 2.22. The van der Waals surface area contributed by atoms with Crippen molar-refractivity contribution in [3.63, 3.8) is 0 Å². The van der Waals surface area contributed by atoms with Crippen LogP contribution in [0.15, 0.2) is 48.7 Å². The van der Waals surface area contributed by atoms with Crippen LogP contribution in [0.4, 0.5) is 0 Å². The molecule has 1 amide bonds. The van der Waals surface area contributed by atoms with Crippen LogP contribution >= 0.6 is 11.8 Å². The first-order valence-corrected chi connectivity index (χ1v) is 9.52. The number of hydrogen-bond acceptors (Lipinski definition) is 5. The Kier molecular flexibility index (Phi) is 6.12. The maximum absolute atomic E-state index is 12.9. The Bertz CT molecular complexity index is 769. The maximum atomic E-state index is 12.9. The summed E-state index contributed by atoms with van der Waals surface area (Å²) in [4.78, 5) is 29.7. The van der Waals surface area contributed by atoms with Crippen molar-refractivity contribution < 1.29 is 19.4 Å². The Morgan fingerprint density at radius 3 is 2.85 bits per heavy atom. The minimum absolute atomic E-state index is 0.0405. The Labute approximate surface area is 156 Å². The van der Waals surface area contributed by atoms with Gasteiger partial charge in [0.1, 0.15) is 6.61 Å². The highest BCUT2D eigenvalue weighted by Gasteiger charge is 2.29. The molecular weight excluding hydrogens is 352 g/mol. The van der Waals surface area contributed by atoms with Crippen LogP contribution in [0.2, 0.25) is 0 Å². The van der Waals surface area contributed by atoms with Gasteiger partial charge in [-0.05, 0) is 11.6 Å². The van der Waals surface area contributed by atoms with Crippen molar-refractivity contribution in [2.75, 3.05) is 18.1 Å². The van der Waals surface area contributed by atoms with Gasteiger partial charge in [-0.2, -0.15) is 11.8 Å². The van der Waals surface area contributed by atoms with Gasteiger partial charge in [0.05, 0.1) is 12.5 Å². The van der Waals surface area contributed by atoms with E-state index < -0.39 is 5.97 Å².